The van der Waals surface area contributed by atoms with E-state index in [0.29, 0.717) is 0 Å². The summed E-state index contributed by atoms with van der Waals surface area (Å²) in [5.74, 6) is 2.33. The van der Waals surface area contributed by atoms with Gasteiger partial charge in [-0.3, -0.25) is 4.99 Å². The number of piperidine rings is 1. The van der Waals surface area contributed by atoms with E-state index in [1.165, 1.54) is 38.1 Å². The molecule has 1 saturated carbocycles. The van der Waals surface area contributed by atoms with Crippen molar-refractivity contribution in [2.75, 3.05) is 13.1 Å². The molecule has 0 aromatic rings. The summed E-state index contributed by atoms with van der Waals surface area (Å²) in [6.45, 7) is 2.38. The number of rotatable bonds is 0. The third-order valence-electron chi connectivity index (χ3n) is 3.34. The maximum atomic E-state index is 4.62. The van der Waals surface area contributed by atoms with Crippen LogP contribution in [0.1, 0.15) is 25.7 Å². The second-order valence-corrected chi connectivity index (χ2v) is 3.95. The molecule has 0 aromatic heterocycles. The first-order chi connectivity index (χ1) is 5.45. The molecule has 0 unspecified atom stereocenters. The van der Waals surface area contributed by atoms with Crippen LogP contribution in [0.3, 0.4) is 0 Å². The van der Waals surface area contributed by atoms with Crippen LogP contribution in [0.5, 0.6) is 0 Å². The Morgan fingerprint density at radius 1 is 1.36 bits per heavy atom. The highest BCUT2D eigenvalue weighted by Gasteiger charge is 2.42. The Hall–Kier alpha value is -0.530. The van der Waals surface area contributed by atoms with Crippen molar-refractivity contribution in [3.8, 4) is 0 Å². The molecule has 11 heavy (non-hydrogen) atoms. The summed E-state index contributed by atoms with van der Waals surface area (Å²) < 4.78 is 0. The molecule has 1 aliphatic carbocycles. The number of nitrogens with zero attached hydrogens (tertiary/aromatic N) is 2. The zero-order valence-electron chi connectivity index (χ0n) is 6.79. The largest absolute Gasteiger partial charge is 0.357 e. The first-order valence-corrected chi connectivity index (χ1v) is 4.76. The van der Waals surface area contributed by atoms with Gasteiger partial charge in [-0.1, -0.05) is 0 Å². The average Bonchev–Trinajstić information content (AvgIpc) is 2.64. The van der Waals surface area contributed by atoms with E-state index in [4.69, 9.17) is 0 Å². The van der Waals surface area contributed by atoms with Crippen molar-refractivity contribution >= 4 is 5.84 Å². The van der Waals surface area contributed by atoms with Crippen molar-refractivity contribution in [1.29, 1.82) is 0 Å². The number of amidine groups is 1. The summed E-state index contributed by atoms with van der Waals surface area (Å²) in [5.41, 5.74) is 0. The highest BCUT2D eigenvalue weighted by Crippen LogP contribution is 2.40. The molecule has 2 bridgehead atoms. The Balaban J connectivity index is 1.98. The first kappa shape index (κ1) is 6.04. The lowest BCUT2D eigenvalue weighted by Gasteiger charge is -2.32. The fraction of sp³-hybridized carbons (Fsp3) is 0.889. The zero-order valence-corrected chi connectivity index (χ0v) is 6.79. The summed E-state index contributed by atoms with van der Waals surface area (Å²) in [5, 5.41) is 0. The topological polar surface area (TPSA) is 15.6 Å². The van der Waals surface area contributed by atoms with Gasteiger partial charge in [-0.15, -0.1) is 0 Å². The van der Waals surface area contributed by atoms with Crippen LogP contribution in [-0.2, 0) is 0 Å². The van der Waals surface area contributed by atoms with Gasteiger partial charge in [-0.05, 0) is 25.7 Å². The molecule has 60 valence electrons. The predicted octanol–water partition coefficient (Wildman–Crippen LogP) is 1.27. The predicted molar refractivity (Wildman–Crippen MR) is 44.8 cm³/mol. The lowest BCUT2D eigenvalue weighted by Crippen LogP contribution is -2.40. The van der Waals surface area contributed by atoms with Crippen LogP contribution in [0.2, 0.25) is 0 Å². The molecule has 0 amide bonds. The number of fused-ring (bicyclic) bond motifs is 5. The Kier molecular flexibility index (Phi) is 1.09. The second-order valence-electron chi connectivity index (χ2n) is 3.95. The van der Waals surface area contributed by atoms with E-state index >= 15 is 0 Å². The quantitative estimate of drug-likeness (QED) is 0.508. The standard InChI is InChI=1S/C9H14N2/c1-4-10-9-7-2-3-8(6-7)11(9)5-1/h7-8H,1-6H2/t7-,8+/m1/s1. The molecule has 3 rings (SSSR count). The van der Waals surface area contributed by atoms with Crippen LogP contribution >= 0.6 is 0 Å². The minimum atomic E-state index is 0.861. The maximum Gasteiger partial charge on any atom is 0.102 e. The molecule has 0 aromatic carbocycles. The van der Waals surface area contributed by atoms with Crippen molar-refractivity contribution in [3.05, 3.63) is 0 Å². The van der Waals surface area contributed by atoms with E-state index in [1.807, 2.05) is 0 Å². The summed E-state index contributed by atoms with van der Waals surface area (Å²) in [7, 11) is 0. The summed E-state index contributed by atoms with van der Waals surface area (Å²) >= 11 is 0. The van der Waals surface area contributed by atoms with Crippen molar-refractivity contribution in [1.82, 2.24) is 4.90 Å². The van der Waals surface area contributed by atoms with Crippen LogP contribution in [0.25, 0.3) is 0 Å². The van der Waals surface area contributed by atoms with E-state index in [1.54, 1.807) is 0 Å². The minimum Gasteiger partial charge on any atom is -0.357 e. The van der Waals surface area contributed by atoms with Crippen molar-refractivity contribution in [3.63, 3.8) is 0 Å². The fourth-order valence-corrected chi connectivity index (χ4v) is 2.85. The van der Waals surface area contributed by atoms with E-state index in [2.05, 4.69) is 9.89 Å². The van der Waals surface area contributed by atoms with Gasteiger partial charge in [0.25, 0.3) is 0 Å². The van der Waals surface area contributed by atoms with Crippen LogP contribution in [0, 0.1) is 5.92 Å². The third-order valence-corrected chi connectivity index (χ3v) is 3.34. The molecular formula is C9H14N2. The lowest BCUT2D eigenvalue weighted by molar-refractivity contribution is 0.312. The highest BCUT2D eigenvalue weighted by atomic mass is 15.3. The Morgan fingerprint density at radius 2 is 2.36 bits per heavy atom. The van der Waals surface area contributed by atoms with Gasteiger partial charge < -0.3 is 4.90 Å². The van der Waals surface area contributed by atoms with Gasteiger partial charge >= 0.3 is 0 Å². The maximum absolute atomic E-state index is 4.62. The van der Waals surface area contributed by atoms with Gasteiger partial charge in [-0.2, -0.15) is 0 Å². The summed E-state index contributed by atoms with van der Waals surface area (Å²) in [6, 6.07) is 0.888. The van der Waals surface area contributed by atoms with Gasteiger partial charge in [0.1, 0.15) is 5.84 Å². The van der Waals surface area contributed by atoms with E-state index in [-0.39, 0.29) is 0 Å². The number of hydrogen-bond acceptors (Lipinski definition) is 2. The monoisotopic (exact) mass is 150 g/mol. The van der Waals surface area contributed by atoms with E-state index < -0.39 is 0 Å². The SMILES string of the molecule is C1CN=C2[C@@H]3CC[C@@H](C3)N2C1. The fourth-order valence-electron chi connectivity index (χ4n) is 2.85. The van der Waals surface area contributed by atoms with Gasteiger partial charge in [0.15, 0.2) is 0 Å². The summed E-state index contributed by atoms with van der Waals surface area (Å²) in [4.78, 5) is 7.18. The Labute approximate surface area is 67.3 Å². The van der Waals surface area contributed by atoms with Crippen molar-refractivity contribution < 1.29 is 0 Å². The Morgan fingerprint density at radius 3 is 3.27 bits per heavy atom. The van der Waals surface area contributed by atoms with Gasteiger partial charge in [0.05, 0.1) is 0 Å². The lowest BCUT2D eigenvalue weighted by atomic mass is 10.1. The van der Waals surface area contributed by atoms with Gasteiger partial charge in [-0.25, -0.2) is 0 Å². The molecule has 1 saturated heterocycles. The van der Waals surface area contributed by atoms with E-state index in [9.17, 15) is 0 Å². The van der Waals surface area contributed by atoms with Crippen LogP contribution < -0.4 is 0 Å². The van der Waals surface area contributed by atoms with Crippen molar-refractivity contribution in [2.45, 2.75) is 31.7 Å². The molecule has 0 radical (unpaired) electrons. The molecule has 0 N–H and O–H groups in total. The minimum absolute atomic E-state index is 0.861. The van der Waals surface area contributed by atoms with Crippen LogP contribution in [0.15, 0.2) is 4.99 Å². The van der Waals surface area contributed by atoms with E-state index in [0.717, 1.165) is 18.5 Å². The molecular weight excluding hydrogens is 136 g/mol. The average molecular weight is 150 g/mol. The molecule has 2 atom stereocenters. The second kappa shape index (κ2) is 1.99. The first-order valence-electron chi connectivity index (χ1n) is 4.76. The third kappa shape index (κ3) is 0.700. The molecule has 3 aliphatic rings. The zero-order chi connectivity index (χ0) is 7.26. The number of aliphatic imine (C=N–C) groups is 1. The highest BCUT2D eigenvalue weighted by molar-refractivity contribution is 5.88. The number of hydrogen-bond donors (Lipinski definition) is 0. The normalized spacial score (nSPS) is 40.7. The van der Waals surface area contributed by atoms with Gasteiger partial charge in [0, 0.05) is 25.0 Å². The molecule has 2 aliphatic heterocycles. The Bertz CT molecular complexity index is 210. The molecule has 2 heterocycles. The molecule has 2 heteroatoms. The van der Waals surface area contributed by atoms with Crippen LogP contribution in [0.4, 0.5) is 0 Å². The summed E-state index contributed by atoms with van der Waals surface area (Å²) in [6.07, 6.45) is 5.55. The smallest absolute Gasteiger partial charge is 0.102 e. The van der Waals surface area contributed by atoms with Crippen molar-refractivity contribution in [2.24, 2.45) is 10.9 Å². The van der Waals surface area contributed by atoms with Gasteiger partial charge in [0.2, 0.25) is 0 Å². The van der Waals surface area contributed by atoms with Crippen LogP contribution in [-0.4, -0.2) is 29.9 Å². The molecule has 2 nitrogen and oxygen atoms in total. The molecule has 2 fully saturated rings. The molecule has 0 spiro atoms.